The van der Waals surface area contributed by atoms with Crippen molar-refractivity contribution in [2.75, 3.05) is 32.8 Å². The fourth-order valence-electron chi connectivity index (χ4n) is 3.91. The number of nitrogens with zero attached hydrogens (tertiary/aromatic N) is 2. The van der Waals surface area contributed by atoms with E-state index in [0.29, 0.717) is 31.0 Å². The maximum atomic E-state index is 13.0. The van der Waals surface area contributed by atoms with Gasteiger partial charge in [0.25, 0.3) is 11.7 Å². The normalized spacial score (nSPS) is 18.1. The van der Waals surface area contributed by atoms with E-state index < -0.39 is 17.7 Å². The van der Waals surface area contributed by atoms with E-state index in [4.69, 9.17) is 4.74 Å². The largest absolute Gasteiger partial charge is 0.507 e. The number of hydrogen-bond donors (Lipinski definition) is 1. The van der Waals surface area contributed by atoms with E-state index in [2.05, 4.69) is 18.7 Å². The number of aliphatic hydroxyl groups excluding tert-OH is 1. The quantitative estimate of drug-likeness (QED) is 0.378. The summed E-state index contributed by atoms with van der Waals surface area (Å²) in [4.78, 5) is 29.8. The monoisotopic (exact) mass is 422 g/mol. The van der Waals surface area contributed by atoms with E-state index in [1.165, 1.54) is 0 Å². The van der Waals surface area contributed by atoms with E-state index in [0.717, 1.165) is 18.7 Å². The number of likely N-dealkylation sites (tertiary alicyclic amines) is 1. The highest BCUT2D eigenvalue weighted by Gasteiger charge is 2.45. The van der Waals surface area contributed by atoms with Gasteiger partial charge in [-0.15, -0.1) is 0 Å². The summed E-state index contributed by atoms with van der Waals surface area (Å²) in [6.45, 7) is 9.37. The Labute approximate surface area is 183 Å². The highest BCUT2D eigenvalue weighted by Crippen LogP contribution is 2.39. The van der Waals surface area contributed by atoms with Gasteiger partial charge in [0.1, 0.15) is 11.5 Å². The highest BCUT2D eigenvalue weighted by atomic mass is 16.5. The van der Waals surface area contributed by atoms with Gasteiger partial charge in [-0.3, -0.25) is 9.59 Å². The molecule has 31 heavy (non-hydrogen) atoms. The summed E-state index contributed by atoms with van der Waals surface area (Å²) in [6.07, 6.45) is 0. The van der Waals surface area contributed by atoms with Gasteiger partial charge in [-0.25, -0.2) is 0 Å². The van der Waals surface area contributed by atoms with Crippen LogP contribution in [0.1, 0.15) is 37.9 Å². The molecular formula is C25H30N2O4. The molecular weight excluding hydrogens is 392 g/mol. The summed E-state index contributed by atoms with van der Waals surface area (Å²) in [6, 6.07) is 15.7. The molecule has 1 heterocycles. The minimum atomic E-state index is -0.653. The molecule has 6 nitrogen and oxygen atoms in total. The molecule has 1 amide bonds. The van der Waals surface area contributed by atoms with Crippen molar-refractivity contribution in [2.45, 2.75) is 26.8 Å². The molecule has 1 aliphatic heterocycles. The number of ketones is 1. The molecule has 1 fully saturated rings. The first-order valence-corrected chi connectivity index (χ1v) is 10.8. The third-order valence-electron chi connectivity index (χ3n) is 5.65. The minimum absolute atomic E-state index is 0.125. The second kappa shape index (κ2) is 10.3. The molecule has 1 aliphatic rings. The van der Waals surface area contributed by atoms with Gasteiger partial charge in [0, 0.05) is 18.7 Å². The van der Waals surface area contributed by atoms with Gasteiger partial charge in [0.05, 0.1) is 18.2 Å². The molecule has 1 saturated heterocycles. The molecule has 0 spiro atoms. The average molecular weight is 423 g/mol. The van der Waals surface area contributed by atoms with Crippen LogP contribution in [0, 0.1) is 0 Å². The van der Waals surface area contributed by atoms with Crippen LogP contribution in [0.4, 0.5) is 0 Å². The first-order valence-electron chi connectivity index (χ1n) is 10.8. The molecule has 0 bridgehead atoms. The standard InChI is InChI=1S/C25H30N2O4/c1-4-26(5-2)16-17-27-22(18-10-8-7-9-11-18)21(24(29)25(27)30)23(28)19-12-14-20(15-13-19)31-6-3/h7-15,22,28H,4-6,16-17H2,1-3H3/t22-/m1/s1. The summed E-state index contributed by atoms with van der Waals surface area (Å²) in [7, 11) is 0. The Hall–Kier alpha value is -3.12. The lowest BCUT2D eigenvalue weighted by Crippen LogP contribution is -2.38. The molecule has 1 N–H and O–H groups in total. The van der Waals surface area contributed by atoms with Crippen molar-refractivity contribution in [3.63, 3.8) is 0 Å². The number of hydrogen-bond acceptors (Lipinski definition) is 5. The third kappa shape index (κ3) is 4.80. The maximum absolute atomic E-state index is 13.0. The SMILES string of the molecule is CCOc1ccc(C(O)=C2C(=O)C(=O)N(CCN(CC)CC)[C@@H]2c2ccccc2)cc1. The number of aliphatic hydroxyl groups is 1. The number of likely N-dealkylation sites (N-methyl/N-ethyl adjacent to an activating group) is 1. The predicted octanol–water partition coefficient (Wildman–Crippen LogP) is 3.85. The first kappa shape index (κ1) is 22.6. The molecule has 6 heteroatoms. The van der Waals surface area contributed by atoms with Crippen LogP contribution in [0.2, 0.25) is 0 Å². The number of ether oxygens (including phenoxy) is 1. The van der Waals surface area contributed by atoms with E-state index >= 15 is 0 Å². The van der Waals surface area contributed by atoms with Crippen LogP contribution < -0.4 is 4.74 Å². The van der Waals surface area contributed by atoms with Gasteiger partial charge in [-0.05, 0) is 49.8 Å². The Kier molecular flexibility index (Phi) is 7.47. The number of carbonyl (C=O) groups excluding carboxylic acids is 2. The van der Waals surface area contributed by atoms with E-state index in [1.807, 2.05) is 37.3 Å². The van der Waals surface area contributed by atoms with Crippen molar-refractivity contribution in [1.82, 2.24) is 9.80 Å². The van der Waals surface area contributed by atoms with Crippen molar-refractivity contribution < 1.29 is 19.4 Å². The van der Waals surface area contributed by atoms with Crippen LogP contribution >= 0.6 is 0 Å². The fraction of sp³-hybridized carbons (Fsp3) is 0.360. The molecule has 0 unspecified atom stereocenters. The van der Waals surface area contributed by atoms with Gasteiger partial charge < -0.3 is 19.6 Å². The van der Waals surface area contributed by atoms with Crippen molar-refractivity contribution in [3.8, 4) is 5.75 Å². The summed E-state index contributed by atoms with van der Waals surface area (Å²) in [5.41, 5.74) is 1.40. The minimum Gasteiger partial charge on any atom is -0.507 e. The lowest BCUT2D eigenvalue weighted by Gasteiger charge is -2.28. The lowest BCUT2D eigenvalue weighted by molar-refractivity contribution is -0.140. The van der Waals surface area contributed by atoms with Gasteiger partial charge in [-0.2, -0.15) is 0 Å². The zero-order valence-electron chi connectivity index (χ0n) is 18.4. The smallest absolute Gasteiger partial charge is 0.295 e. The Morgan fingerprint density at radius 3 is 2.23 bits per heavy atom. The molecule has 0 radical (unpaired) electrons. The molecule has 2 aromatic carbocycles. The summed E-state index contributed by atoms with van der Waals surface area (Å²) in [5, 5.41) is 11.1. The Balaban J connectivity index is 2.03. The zero-order chi connectivity index (χ0) is 22.4. The number of Topliss-reactive ketones (excluding diaryl/α,β-unsaturated/α-hetero) is 1. The number of benzene rings is 2. The van der Waals surface area contributed by atoms with Crippen LogP contribution in [0.25, 0.3) is 5.76 Å². The van der Waals surface area contributed by atoms with Crippen molar-refractivity contribution >= 4 is 17.4 Å². The van der Waals surface area contributed by atoms with Crippen molar-refractivity contribution in [1.29, 1.82) is 0 Å². The summed E-state index contributed by atoms with van der Waals surface area (Å²) in [5.74, 6) is -0.716. The molecule has 1 atom stereocenters. The Morgan fingerprint density at radius 1 is 1.00 bits per heavy atom. The summed E-state index contributed by atoms with van der Waals surface area (Å²) >= 11 is 0. The average Bonchev–Trinajstić information content (AvgIpc) is 3.05. The van der Waals surface area contributed by atoms with Gasteiger partial charge in [0.2, 0.25) is 0 Å². The second-order valence-corrected chi connectivity index (χ2v) is 7.39. The van der Waals surface area contributed by atoms with Gasteiger partial charge >= 0.3 is 0 Å². The molecule has 3 rings (SSSR count). The molecule has 164 valence electrons. The predicted molar refractivity (Wildman–Crippen MR) is 121 cm³/mol. The highest BCUT2D eigenvalue weighted by molar-refractivity contribution is 6.46. The van der Waals surface area contributed by atoms with Crippen LogP contribution in [0.15, 0.2) is 60.2 Å². The van der Waals surface area contributed by atoms with Crippen molar-refractivity contribution in [2.24, 2.45) is 0 Å². The summed E-state index contributed by atoms with van der Waals surface area (Å²) < 4.78 is 5.46. The zero-order valence-corrected chi connectivity index (χ0v) is 18.4. The Bertz CT molecular complexity index is 934. The lowest BCUT2D eigenvalue weighted by atomic mass is 9.95. The van der Waals surface area contributed by atoms with Crippen LogP contribution in [-0.2, 0) is 9.59 Å². The molecule has 0 saturated carbocycles. The number of amides is 1. The first-order chi connectivity index (χ1) is 15.0. The van der Waals surface area contributed by atoms with Gasteiger partial charge in [-0.1, -0.05) is 44.2 Å². The second-order valence-electron chi connectivity index (χ2n) is 7.39. The van der Waals surface area contributed by atoms with E-state index in [1.54, 1.807) is 29.2 Å². The van der Waals surface area contributed by atoms with Crippen molar-refractivity contribution in [3.05, 3.63) is 71.3 Å². The number of carbonyl (C=O) groups is 2. The third-order valence-corrected chi connectivity index (χ3v) is 5.65. The molecule has 0 aliphatic carbocycles. The molecule has 0 aromatic heterocycles. The van der Waals surface area contributed by atoms with Gasteiger partial charge in [0.15, 0.2) is 0 Å². The van der Waals surface area contributed by atoms with Crippen LogP contribution in [0.5, 0.6) is 5.75 Å². The van der Waals surface area contributed by atoms with Crippen LogP contribution in [-0.4, -0.2) is 59.4 Å². The number of rotatable bonds is 9. The van der Waals surface area contributed by atoms with E-state index in [9.17, 15) is 14.7 Å². The fourth-order valence-corrected chi connectivity index (χ4v) is 3.91. The molecule has 2 aromatic rings. The Morgan fingerprint density at radius 2 is 1.65 bits per heavy atom. The van der Waals surface area contributed by atoms with E-state index in [-0.39, 0.29) is 11.3 Å². The van der Waals surface area contributed by atoms with Crippen LogP contribution in [0.3, 0.4) is 0 Å². The topological polar surface area (TPSA) is 70.1 Å². The maximum Gasteiger partial charge on any atom is 0.295 e.